The van der Waals surface area contributed by atoms with E-state index in [4.69, 9.17) is 0 Å². The highest BCUT2D eigenvalue weighted by Gasteiger charge is 2.19. The van der Waals surface area contributed by atoms with E-state index in [1.54, 1.807) is 11.3 Å². The average Bonchev–Trinajstić information content (AvgIpc) is 3.20. The number of nitrogens with one attached hydrogen (secondary N) is 1. The molecule has 0 aromatic carbocycles. The van der Waals surface area contributed by atoms with Gasteiger partial charge in [0.2, 0.25) is 5.91 Å². The lowest BCUT2D eigenvalue weighted by Gasteiger charge is -2.34. The molecule has 1 N–H and O–H groups in total. The lowest BCUT2D eigenvalue weighted by atomic mass is 10.3. The number of rotatable bonds is 6. The first-order valence-electron chi connectivity index (χ1n) is 7.56. The Bertz CT molecular complexity index is 560. The van der Waals surface area contributed by atoms with E-state index in [1.807, 2.05) is 28.8 Å². The van der Waals surface area contributed by atoms with Crippen LogP contribution in [-0.4, -0.2) is 48.4 Å². The Balaban J connectivity index is 1.35. The Hall–Kier alpha value is -1.21. The summed E-state index contributed by atoms with van der Waals surface area (Å²) in [5.41, 5.74) is 0. The molecular weight excluding hydrogens is 314 g/mol. The van der Waals surface area contributed by atoms with Crippen LogP contribution < -0.4 is 5.32 Å². The Morgan fingerprint density at radius 2 is 1.64 bits per heavy atom. The van der Waals surface area contributed by atoms with Crippen LogP contribution in [-0.2, 0) is 17.9 Å². The van der Waals surface area contributed by atoms with Crippen molar-refractivity contribution in [2.75, 3.05) is 32.7 Å². The molecule has 1 amide bonds. The van der Waals surface area contributed by atoms with E-state index < -0.39 is 0 Å². The molecule has 0 atom stereocenters. The van der Waals surface area contributed by atoms with Crippen LogP contribution in [0.5, 0.6) is 0 Å². The van der Waals surface area contributed by atoms with Crippen molar-refractivity contribution in [1.82, 2.24) is 15.1 Å². The molecular formula is C16H21N3OS2. The summed E-state index contributed by atoms with van der Waals surface area (Å²) in [4.78, 5) is 19.3. The van der Waals surface area contributed by atoms with Gasteiger partial charge in [0, 0.05) is 42.5 Å². The molecule has 3 rings (SSSR count). The van der Waals surface area contributed by atoms with Gasteiger partial charge < -0.3 is 5.32 Å². The molecule has 2 aromatic rings. The predicted molar refractivity (Wildman–Crippen MR) is 92.2 cm³/mol. The summed E-state index contributed by atoms with van der Waals surface area (Å²) in [6.07, 6.45) is 0. The van der Waals surface area contributed by atoms with Crippen LogP contribution in [0, 0.1) is 0 Å². The van der Waals surface area contributed by atoms with E-state index in [9.17, 15) is 4.79 Å². The smallest absolute Gasteiger partial charge is 0.234 e. The van der Waals surface area contributed by atoms with Crippen LogP contribution >= 0.6 is 22.7 Å². The van der Waals surface area contributed by atoms with E-state index in [0.29, 0.717) is 13.1 Å². The zero-order chi connectivity index (χ0) is 15.2. The third-order valence-electron chi connectivity index (χ3n) is 3.83. The summed E-state index contributed by atoms with van der Waals surface area (Å²) in [5.74, 6) is 0.125. The minimum Gasteiger partial charge on any atom is -0.350 e. The molecule has 3 heterocycles. The van der Waals surface area contributed by atoms with Gasteiger partial charge >= 0.3 is 0 Å². The largest absolute Gasteiger partial charge is 0.350 e. The molecule has 1 aliphatic heterocycles. The number of hydrogen-bond donors (Lipinski definition) is 1. The highest BCUT2D eigenvalue weighted by molar-refractivity contribution is 7.10. The Kier molecular flexibility index (Phi) is 5.61. The number of hydrogen-bond acceptors (Lipinski definition) is 5. The van der Waals surface area contributed by atoms with E-state index in [2.05, 4.69) is 32.6 Å². The van der Waals surface area contributed by atoms with Crippen LogP contribution in [0.25, 0.3) is 0 Å². The first kappa shape index (κ1) is 15.7. The van der Waals surface area contributed by atoms with Gasteiger partial charge in [-0.2, -0.15) is 0 Å². The Morgan fingerprint density at radius 1 is 1.00 bits per heavy atom. The van der Waals surface area contributed by atoms with Gasteiger partial charge in [0.05, 0.1) is 13.1 Å². The van der Waals surface area contributed by atoms with E-state index in [0.717, 1.165) is 32.7 Å². The van der Waals surface area contributed by atoms with Crippen molar-refractivity contribution in [3.63, 3.8) is 0 Å². The molecule has 0 unspecified atom stereocenters. The van der Waals surface area contributed by atoms with E-state index in [1.165, 1.54) is 9.75 Å². The van der Waals surface area contributed by atoms with Crippen LogP contribution in [0.3, 0.4) is 0 Å². The fourth-order valence-electron chi connectivity index (χ4n) is 2.59. The normalized spacial score (nSPS) is 16.7. The number of piperazine rings is 1. The van der Waals surface area contributed by atoms with Crippen LogP contribution in [0.15, 0.2) is 35.0 Å². The number of nitrogens with zero attached hydrogens (tertiary/aromatic N) is 2. The molecule has 1 aliphatic rings. The molecule has 0 aliphatic carbocycles. The minimum atomic E-state index is 0.125. The molecule has 22 heavy (non-hydrogen) atoms. The van der Waals surface area contributed by atoms with Crippen LogP contribution in [0.1, 0.15) is 9.75 Å². The summed E-state index contributed by atoms with van der Waals surface area (Å²) in [5, 5.41) is 7.16. The van der Waals surface area contributed by atoms with Gasteiger partial charge in [0.15, 0.2) is 0 Å². The predicted octanol–water partition coefficient (Wildman–Crippen LogP) is 2.24. The van der Waals surface area contributed by atoms with Gasteiger partial charge in [-0.1, -0.05) is 12.1 Å². The molecule has 4 nitrogen and oxygen atoms in total. The Labute approximate surface area is 139 Å². The SMILES string of the molecule is O=C(CN1CCN(Cc2cccs2)CC1)NCc1cccs1. The number of carbonyl (C=O) groups is 1. The monoisotopic (exact) mass is 335 g/mol. The second kappa shape index (κ2) is 7.87. The molecule has 2 aromatic heterocycles. The highest BCUT2D eigenvalue weighted by atomic mass is 32.1. The second-order valence-corrected chi connectivity index (χ2v) is 7.55. The molecule has 0 saturated carbocycles. The van der Waals surface area contributed by atoms with Crippen molar-refractivity contribution in [3.05, 3.63) is 44.8 Å². The third kappa shape index (κ3) is 4.64. The van der Waals surface area contributed by atoms with Gasteiger partial charge in [-0.25, -0.2) is 0 Å². The fourth-order valence-corrected chi connectivity index (χ4v) is 3.98. The number of amides is 1. The first-order valence-corrected chi connectivity index (χ1v) is 9.32. The molecule has 0 spiro atoms. The van der Waals surface area contributed by atoms with Crippen molar-refractivity contribution < 1.29 is 4.79 Å². The molecule has 0 bridgehead atoms. The van der Waals surface area contributed by atoms with Gasteiger partial charge in [-0.3, -0.25) is 14.6 Å². The van der Waals surface area contributed by atoms with Crippen LogP contribution in [0.2, 0.25) is 0 Å². The molecule has 0 radical (unpaired) electrons. The maximum Gasteiger partial charge on any atom is 0.234 e. The molecule has 1 saturated heterocycles. The fraction of sp³-hybridized carbons (Fsp3) is 0.438. The van der Waals surface area contributed by atoms with E-state index in [-0.39, 0.29) is 5.91 Å². The first-order chi connectivity index (χ1) is 10.8. The summed E-state index contributed by atoms with van der Waals surface area (Å²) in [6, 6.07) is 8.36. The van der Waals surface area contributed by atoms with E-state index >= 15 is 0 Å². The summed E-state index contributed by atoms with van der Waals surface area (Å²) in [6.45, 7) is 6.21. The maximum absolute atomic E-state index is 12.0. The molecule has 118 valence electrons. The van der Waals surface area contributed by atoms with Crippen molar-refractivity contribution in [2.24, 2.45) is 0 Å². The maximum atomic E-state index is 12.0. The standard InChI is InChI=1S/C16H21N3OS2/c20-16(17-11-14-3-1-9-21-14)13-19-7-5-18(6-8-19)12-15-4-2-10-22-15/h1-4,9-10H,5-8,11-13H2,(H,17,20). The van der Waals surface area contributed by atoms with Crippen molar-refractivity contribution in [2.45, 2.75) is 13.1 Å². The van der Waals surface area contributed by atoms with Crippen molar-refractivity contribution >= 4 is 28.6 Å². The highest BCUT2D eigenvalue weighted by Crippen LogP contribution is 2.13. The van der Waals surface area contributed by atoms with Crippen molar-refractivity contribution in [1.29, 1.82) is 0 Å². The lowest BCUT2D eigenvalue weighted by molar-refractivity contribution is -0.122. The van der Waals surface area contributed by atoms with Gasteiger partial charge in [0.25, 0.3) is 0 Å². The van der Waals surface area contributed by atoms with Crippen molar-refractivity contribution in [3.8, 4) is 0 Å². The lowest BCUT2D eigenvalue weighted by Crippen LogP contribution is -2.48. The van der Waals surface area contributed by atoms with Crippen LogP contribution in [0.4, 0.5) is 0 Å². The number of carbonyl (C=O) groups excluding carboxylic acids is 1. The van der Waals surface area contributed by atoms with Gasteiger partial charge in [-0.05, 0) is 22.9 Å². The molecule has 1 fully saturated rings. The Morgan fingerprint density at radius 3 is 2.27 bits per heavy atom. The minimum absolute atomic E-state index is 0.125. The third-order valence-corrected chi connectivity index (χ3v) is 5.57. The summed E-state index contributed by atoms with van der Waals surface area (Å²) < 4.78 is 0. The van der Waals surface area contributed by atoms with Gasteiger partial charge in [0.1, 0.15) is 0 Å². The van der Waals surface area contributed by atoms with Gasteiger partial charge in [-0.15, -0.1) is 22.7 Å². The average molecular weight is 335 g/mol. The zero-order valence-corrected chi connectivity index (χ0v) is 14.2. The quantitative estimate of drug-likeness (QED) is 0.879. The zero-order valence-electron chi connectivity index (χ0n) is 12.5. The molecule has 6 heteroatoms. The second-order valence-electron chi connectivity index (χ2n) is 5.49. The topological polar surface area (TPSA) is 35.6 Å². The number of thiophene rings is 2. The summed E-state index contributed by atoms with van der Waals surface area (Å²) >= 11 is 3.49. The summed E-state index contributed by atoms with van der Waals surface area (Å²) in [7, 11) is 0.